The molecule has 0 aliphatic heterocycles. The first-order chi connectivity index (χ1) is 16.3. The molecule has 0 fully saturated rings. The fraction of sp³-hybridized carbons (Fsp3) is 0.480. The molecule has 1 amide bonds. The number of aliphatic hydroxyl groups excluding tert-OH is 1. The van der Waals surface area contributed by atoms with Gasteiger partial charge in [-0.05, 0) is 30.0 Å². The maximum Gasteiger partial charge on any atom is 0.243 e. The smallest absolute Gasteiger partial charge is 0.243 e. The van der Waals surface area contributed by atoms with Crippen molar-refractivity contribution in [2.45, 2.75) is 44.2 Å². The zero-order valence-electron chi connectivity index (χ0n) is 20.7. The van der Waals surface area contributed by atoms with Gasteiger partial charge < -0.3 is 10.4 Å². The Morgan fingerprint density at radius 1 is 0.914 bits per heavy atom. The molecule has 0 saturated carbocycles. The zero-order chi connectivity index (χ0) is 26.2. The van der Waals surface area contributed by atoms with Gasteiger partial charge in [0.05, 0.1) is 22.8 Å². The lowest BCUT2D eigenvalue weighted by Gasteiger charge is -2.31. The van der Waals surface area contributed by atoms with Gasteiger partial charge >= 0.3 is 0 Å². The number of aliphatic hydroxyl groups is 1. The molecule has 2 rings (SSSR count). The van der Waals surface area contributed by atoms with E-state index in [1.54, 1.807) is 18.2 Å². The molecule has 2 N–H and O–H groups in total. The summed E-state index contributed by atoms with van der Waals surface area (Å²) in [6, 6.07) is 16.4. The molecule has 8 nitrogen and oxygen atoms in total. The summed E-state index contributed by atoms with van der Waals surface area (Å²) in [7, 11) is -7.26. The molecule has 0 radical (unpaired) electrons. The Balaban J connectivity index is 2.31. The summed E-state index contributed by atoms with van der Waals surface area (Å²) in [5.74, 6) is -1.67. The predicted molar refractivity (Wildman–Crippen MR) is 137 cm³/mol. The average molecular weight is 525 g/mol. The molecule has 3 atom stereocenters. The van der Waals surface area contributed by atoms with Gasteiger partial charge in [0.1, 0.15) is 9.84 Å². The summed E-state index contributed by atoms with van der Waals surface area (Å²) in [5.41, 5.74) is 0.842. The summed E-state index contributed by atoms with van der Waals surface area (Å²) in [5, 5.41) is 14.0. The number of carbonyl (C=O) groups is 1. The second-order valence-corrected chi connectivity index (χ2v) is 13.5. The van der Waals surface area contributed by atoms with Crippen molar-refractivity contribution >= 4 is 25.8 Å². The Bertz CT molecular complexity index is 1150. The van der Waals surface area contributed by atoms with E-state index in [0.717, 1.165) is 11.8 Å². The van der Waals surface area contributed by atoms with Crippen LogP contribution in [0.3, 0.4) is 0 Å². The van der Waals surface area contributed by atoms with Crippen LogP contribution < -0.4 is 5.32 Å². The first-order valence-corrected chi connectivity index (χ1v) is 15.0. The number of nitrogens with zero attached hydrogens (tertiary/aromatic N) is 1. The van der Waals surface area contributed by atoms with Crippen LogP contribution in [-0.2, 0) is 31.1 Å². The maximum absolute atomic E-state index is 13.3. The average Bonchev–Trinajstić information content (AvgIpc) is 2.78. The highest BCUT2D eigenvalue weighted by Gasteiger charge is 2.32. The summed E-state index contributed by atoms with van der Waals surface area (Å²) in [4.78, 5) is 12.9. The van der Waals surface area contributed by atoms with E-state index in [-0.39, 0.29) is 36.1 Å². The molecule has 10 heteroatoms. The fourth-order valence-electron chi connectivity index (χ4n) is 3.76. The Labute approximate surface area is 209 Å². The van der Waals surface area contributed by atoms with Crippen LogP contribution in [-0.4, -0.2) is 69.4 Å². The lowest BCUT2D eigenvalue weighted by atomic mass is 10.00. The molecule has 0 aliphatic carbocycles. The van der Waals surface area contributed by atoms with E-state index in [9.17, 15) is 26.7 Å². The van der Waals surface area contributed by atoms with Crippen LogP contribution >= 0.6 is 0 Å². The third-order valence-corrected chi connectivity index (χ3v) is 8.38. The van der Waals surface area contributed by atoms with Crippen molar-refractivity contribution in [3.63, 3.8) is 0 Å². The predicted octanol–water partition coefficient (Wildman–Crippen LogP) is 2.10. The first-order valence-electron chi connectivity index (χ1n) is 11.5. The van der Waals surface area contributed by atoms with E-state index in [2.05, 4.69) is 5.32 Å². The van der Waals surface area contributed by atoms with Crippen LogP contribution in [0.4, 0.5) is 0 Å². The van der Waals surface area contributed by atoms with Crippen LogP contribution in [0.5, 0.6) is 0 Å². The number of benzene rings is 2. The monoisotopic (exact) mass is 524 g/mol. The van der Waals surface area contributed by atoms with Gasteiger partial charge in [0, 0.05) is 25.3 Å². The number of carbonyl (C=O) groups excluding carboxylic acids is 1. The highest BCUT2D eigenvalue weighted by atomic mass is 32.2. The minimum absolute atomic E-state index is 0.00219. The van der Waals surface area contributed by atoms with Crippen molar-refractivity contribution in [1.82, 2.24) is 9.62 Å². The molecule has 0 heterocycles. The van der Waals surface area contributed by atoms with E-state index in [0.29, 0.717) is 0 Å². The number of hydrogen-bond acceptors (Lipinski definition) is 6. The van der Waals surface area contributed by atoms with Crippen LogP contribution in [0.25, 0.3) is 0 Å². The third-order valence-electron chi connectivity index (χ3n) is 5.43. The molecule has 2 aromatic carbocycles. The van der Waals surface area contributed by atoms with Gasteiger partial charge in [0.15, 0.2) is 0 Å². The van der Waals surface area contributed by atoms with Crippen LogP contribution in [0.15, 0.2) is 65.6 Å². The SMILES string of the molecule is CC(C)CN(C[C@@H](O)[C@H](Cc1ccccc1)NC(=O)[C@H](C)CS(C)(=O)=O)S(=O)(=O)c1ccccc1. The Morgan fingerprint density at radius 3 is 1.97 bits per heavy atom. The number of amides is 1. The standard InChI is InChI=1S/C25H36N2O6S2/c1-19(2)16-27(35(32,33)22-13-9-6-10-14-22)17-24(28)23(15-21-11-7-5-8-12-21)26-25(29)20(3)18-34(4,30)31/h5-14,19-20,23-24,28H,15-18H2,1-4H3,(H,26,29)/t20-,23+,24-/m1/s1. The molecule has 0 unspecified atom stereocenters. The molecular formula is C25H36N2O6S2. The van der Waals surface area contributed by atoms with Crippen LogP contribution in [0, 0.1) is 11.8 Å². The van der Waals surface area contributed by atoms with Crippen molar-refractivity contribution in [2.75, 3.05) is 25.1 Å². The fourth-order valence-corrected chi connectivity index (χ4v) is 6.46. The summed E-state index contributed by atoms with van der Waals surface area (Å²) in [6.45, 7) is 5.23. The topological polar surface area (TPSA) is 121 Å². The minimum Gasteiger partial charge on any atom is -0.390 e. The van der Waals surface area contributed by atoms with Gasteiger partial charge in [0.2, 0.25) is 15.9 Å². The molecule has 0 spiro atoms. The molecular weight excluding hydrogens is 488 g/mol. The number of sulfonamides is 1. The van der Waals surface area contributed by atoms with Crippen molar-refractivity contribution < 1.29 is 26.7 Å². The Kier molecular flexibility index (Phi) is 10.4. The molecule has 194 valence electrons. The normalized spacial score (nSPS) is 15.1. The first kappa shape index (κ1) is 29.0. The van der Waals surface area contributed by atoms with Crippen molar-refractivity contribution in [2.24, 2.45) is 11.8 Å². The van der Waals surface area contributed by atoms with E-state index in [1.807, 2.05) is 44.2 Å². The van der Waals surface area contributed by atoms with E-state index in [4.69, 9.17) is 0 Å². The molecule has 2 aromatic rings. The maximum atomic E-state index is 13.3. The number of hydrogen-bond donors (Lipinski definition) is 2. The lowest BCUT2D eigenvalue weighted by molar-refractivity contribution is -0.125. The van der Waals surface area contributed by atoms with Crippen molar-refractivity contribution in [1.29, 1.82) is 0 Å². The molecule has 35 heavy (non-hydrogen) atoms. The van der Waals surface area contributed by atoms with E-state index >= 15 is 0 Å². The summed E-state index contributed by atoms with van der Waals surface area (Å²) >= 11 is 0. The van der Waals surface area contributed by atoms with Gasteiger partial charge in [-0.25, -0.2) is 16.8 Å². The van der Waals surface area contributed by atoms with Gasteiger partial charge in [-0.3, -0.25) is 4.79 Å². The molecule has 0 bridgehead atoms. The lowest BCUT2D eigenvalue weighted by Crippen LogP contribution is -2.52. The summed E-state index contributed by atoms with van der Waals surface area (Å²) < 4.78 is 51.2. The van der Waals surface area contributed by atoms with Crippen LogP contribution in [0.1, 0.15) is 26.3 Å². The number of nitrogens with one attached hydrogen (secondary N) is 1. The second kappa shape index (κ2) is 12.6. The highest BCUT2D eigenvalue weighted by Crippen LogP contribution is 2.19. The van der Waals surface area contributed by atoms with E-state index < -0.39 is 43.8 Å². The van der Waals surface area contributed by atoms with Gasteiger partial charge in [0.25, 0.3) is 0 Å². The van der Waals surface area contributed by atoms with E-state index in [1.165, 1.54) is 23.4 Å². The van der Waals surface area contributed by atoms with Gasteiger partial charge in [-0.1, -0.05) is 69.3 Å². The third kappa shape index (κ3) is 9.36. The minimum atomic E-state index is -3.89. The quantitative estimate of drug-likeness (QED) is 0.414. The van der Waals surface area contributed by atoms with Crippen LogP contribution in [0.2, 0.25) is 0 Å². The molecule has 0 aromatic heterocycles. The highest BCUT2D eigenvalue weighted by molar-refractivity contribution is 7.90. The summed E-state index contributed by atoms with van der Waals surface area (Å²) in [6.07, 6.45) is 0.0766. The number of sulfone groups is 1. The number of rotatable bonds is 13. The van der Waals surface area contributed by atoms with Crippen molar-refractivity contribution in [3.8, 4) is 0 Å². The molecule has 0 saturated heterocycles. The molecule has 0 aliphatic rings. The van der Waals surface area contributed by atoms with Gasteiger partial charge in [-0.15, -0.1) is 0 Å². The van der Waals surface area contributed by atoms with Gasteiger partial charge in [-0.2, -0.15) is 4.31 Å². The Morgan fingerprint density at radius 2 is 1.46 bits per heavy atom. The Hall–Kier alpha value is -2.27. The van der Waals surface area contributed by atoms with Crippen molar-refractivity contribution in [3.05, 3.63) is 66.2 Å². The second-order valence-electron chi connectivity index (χ2n) is 9.39. The largest absolute Gasteiger partial charge is 0.390 e. The zero-order valence-corrected chi connectivity index (χ0v) is 22.3.